The molecule has 0 bridgehead atoms. The second-order valence-electron chi connectivity index (χ2n) is 13.9. The summed E-state index contributed by atoms with van der Waals surface area (Å²) >= 11 is 0. The number of ketones is 1. The highest BCUT2D eigenvalue weighted by molar-refractivity contribution is 5.96. The van der Waals surface area contributed by atoms with Gasteiger partial charge < -0.3 is 20.1 Å². The quantitative estimate of drug-likeness (QED) is 0.403. The highest BCUT2D eigenvalue weighted by atomic mass is 16.6. The molecule has 1 heterocycles. The predicted molar refractivity (Wildman–Crippen MR) is 136 cm³/mol. The predicted octanol–water partition coefficient (Wildman–Crippen LogP) is 3.89. The molecule has 6 heteroatoms. The van der Waals surface area contributed by atoms with Crippen LogP contribution in [-0.2, 0) is 14.3 Å². The van der Waals surface area contributed by atoms with Gasteiger partial charge in [0, 0.05) is 22.3 Å². The third kappa shape index (κ3) is 3.19. The van der Waals surface area contributed by atoms with Gasteiger partial charge in [-0.2, -0.15) is 0 Å². The molecule has 3 N–H and O–H groups in total. The first kappa shape index (κ1) is 25.9. The molecule has 0 radical (unpaired) electrons. The van der Waals surface area contributed by atoms with E-state index in [-0.39, 0.29) is 34.4 Å². The van der Waals surface area contributed by atoms with Crippen LogP contribution in [0.25, 0.3) is 0 Å². The van der Waals surface area contributed by atoms with Gasteiger partial charge in [-0.25, -0.2) is 4.79 Å². The third-order valence-electron chi connectivity index (χ3n) is 11.2. The Hall–Kier alpha value is -1.76. The largest absolute Gasteiger partial charge is 0.452 e. The molecule has 4 aliphatic carbocycles. The van der Waals surface area contributed by atoms with Gasteiger partial charge in [-0.05, 0) is 74.3 Å². The van der Waals surface area contributed by atoms with Crippen molar-refractivity contribution in [3.63, 3.8) is 0 Å². The van der Waals surface area contributed by atoms with Gasteiger partial charge in [0.1, 0.15) is 12.2 Å². The molecule has 0 spiro atoms. The summed E-state index contributed by atoms with van der Waals surface area (Å²) in [5, 5.41) is 32.6. The van der Waals surface area contributed by atoms with Crippen LogP contribution in [0.2, 0.25) is 0 Å². The molecule has 0 aromatic heterocycles. The molecule has 2 unspecified atom stereocenters. The van der Waals surface area contributed by atoms with E-state index in [2.05, 4.69) is 32.9 Å². The van der Waals surface area contributed by atoms with Gasteiger partial charge in [-0.15, -0.1) is 0 Å². The van der Waals surface area contributed by atoms with Crippen molar-refractivity contribution in [2.24, 2.45) is 39.4 Å². The number of aliphatic hydroxyl groups is 3. The Morgan fingerprint density at radius 1 is 1.11 bits per heavy atom. The fourth-order valence-electron chi connectivity index (χ4n) is 9.03. The highest BCUT2D eigenvalue weighted by Gasteiger charge is 2.67. The van der Waals surface area contributed by atoms with Gasteiger partial charge in [0.15, 0.2) is 5.78 Å². The Morgan fingerprint density at radius 2 is 1.78 bits per heavy atom. The van der Waals surface area contributed by atoms with Gasteiger partial charge in [0.25, 0.3) is 0 Å². The Balaban J connectivity index is 1.51. The van der Waals surface area contributed by atoms with Crippen LogP contribution in [0.4, 0.5) is 0 Å². The van der Waals surface area contributed by atoms with E-state index >= 15 is 0 Å². The number of fused-ring (bicyclic) bond motifs is 5. The number of hydrogen-bond acceptors (Lipinski definition) is 6. The number of carbonyl (C=O) groups excluding carboxylic acids is 2. The summed E-state index contributed by atoms with van der Waals surface area (Å²) in [6.45, 7) is 13.7. The summed E-state index contributed by atoms with van der Waals surface area (Å²) in [5.74, 6) is -0.155. The summed E-state index contributed by atoms with van der Waals surface area (Å²) in [5.41, 5.74) is -1.13. The molecule has 5 rings (SSSR count). The molecule has 0 saturated heterocycles. The maximum Gasteiger partial charge on any atom is 0.334 e. The van der Waals surface area contributed by atoms with Crippen molar-refractivity contribution in [2.75, 3.05) is 0 Å². The van der Waals surface area contributed by atoms with Gasteiger partial charge in [0.2, 0.25) is 0 Å². The van der Waals surface area contributed by atoms with Gasteiger partial charge in [-0.3, -0.25) is 4.79 Å². The van der Waals surface area contributed by atoms with Crippen LogP contribution in [-0.4, -0.2) is 51.0 Å². The van der Waals surface area contributed by atoms with Crippen molar-refractivity contribution < 1.29 is 29.6 Å². The number of allylic oxidation sites excluding steroid dienone is 3. The zero-order valence-electron chi connectivity index (χ0n) is 22.7. The van der Waals surface area contributed by atoms with Crippen molar-refractivity contribution in [1.29, 1.82) is 0 Å². The average molecular weight is 499 g/mol. The first-order valence-corrected chi connectivity index (χ1v) is 13.4. The number of cyclic esters (lactones) is 1. The SMILES string of the molecule is CC(C)(O)C(O)C1C=C([C@@H]2CC=C3[C@]4(C)[C@H](O)C[C@H]5C(C)(C)C(=O)C=C[C@]5(C)[C@H]4CC[C@]32C)C(=O)O1. The Morgan fingerprint density at radius 3 is 2.42 bits per heavy atom. The zero-order valence-corrected chi connectivity index (χ0v) is 22.7. The number of esters is 1. The van der Waals surface area contributed by atoms with Crippen LogP contribution in [0, 0.1) is 39.4 Å². The Labute approximate surface area is 214 Å². The maximum absolute atomic E-state index is 13.0. The molecule has 9 atom stereocenters. The lowest BCUT2D eigenvalue weighted by atomic mass is 9.38. The summed E-state index contributed by atoms with van der Waals surface area (Å²) < 4.78 is 5.52. The van der Waals surface area contributed by atoms with Crippen molar-refractivity contribution in [2.45, 2.75) is 98.1 Å². The molecule has 6 nitrogen and oxygen atoms in total. The molecule has 2 saturated carbocycles. The van der Waals surface area contributed by atoms with E-state index in [9.17, 15) is 24.9 Å². The van der Waals surface area contributed by atoms with Gasteiger partial charge in [0.05, 0.1) is 11.7 Å². The van der Waals surface area contributed by atoms with Crippen LogP contribution in [0.1, 0.15) is 74.1 Å². The molecule has 5 aliphatic rings. The third-order valence-corrected chi connectivity index (χ3v) is 11.2. The minimum atomic E-state index is -1.40. The van der Waals surface area contributed by atoms with Crippen LogP contribution in [0.5, 0.6) is 0 Å². The number of carbonyl (C=O) groups is 2. The minimum absolute atomic E-state index is 0.0642. The fourth-order valence-corrected chi connectivity index (χ4v) is 9.03. The monoisotopic (exact) mass is 498 g/mol. The fraction of sp³-hybridized carbons (Fsp3) is 0.733. The van der Waals surface area contributed by atoms with Crippen molar-refractivity contribution in [3.05, 3.63) is 35.5 Å². The summed E-state index contributed by atoms with van der Waals surface area (Å²) in [7, 11) is 0. The van der Waals surface area contributed by atoms with Crippen LogP contribution >= 0.6 is 0 Å². The number of hydrogen-bond donors (Lipinski definition) is 3. The van der Waals surface area contributed by atoms with E-state index < -0.39 is 40.7 Å². The average Bonchev–Trinajstić information content (AvgIpc) is 3.32. The lowest BCUT2D eigenvalue weighted by Gasteiger charge is -2.66. The molecule has 198 valence electrons. The lowest BCUT2D eigenvalue weighted by Crippen LogP contribution is -2.63. The van der Waals surface area contributed by atoms with E-state index in [1.807, 2.05) is 13.8 Å². The molecule has 1 aliphatic heterocycles. The van der Waals surface area contributed by atoms with E-state index in [1.165, 1.54) is 19.4 Å². The maximum atomic E-state index is 13.0. The highest BCUT2D eigenvalue weighted by Crippen LogP contribution is 2.72. The first-order chi connectivity index (χ1) is 16.5. The van der Waals surface area contributed by atoms with Crippen molar-refractivity contribution >= 4 is 11.8 Å². The Bertz CT molecular complexity index is 1090. The molecule has 0 aromatic carbocycles. The molecule has 0 aromatic rings. The minimum Gasteiger partial charge on any atom is -0.452 e. The smallest absolute Gasteiger partial charge is 0.334 e. The number of rotatable bonds is 3. The lowest BCUT2D eigenvalue weighted by molar-refractivity contribution is -0.164. The van der Waals surface area contributed by atoms with Gasteiger partial charge in [-0.1, -0.05) is 52.3 Å². The Kier molecular flexibility index (Phi) is 5.49. The summed E-state index contributed by atoms with van der Waals surface area (Å²) in [6, 6.07) is 0. The molecular weight excluding hydrogens is 456 g/mol. The second-order valence-corrected chi connectivity index (χ2v) is 13.9. The van der Waals surface area contributed by atoms with E-state index in [0.717, 1.165) is 12.8 Å². The molecule has 36 heavy (non-hydrogen) atoms. The number of ether oxygens (including phenoxy) is 1. The molecule has 0 amide bonds. The topological polar surface area (TPSA) is 104 Å². The van der Waals surface area contributed by atoms with E-state index in [4.69, 9.17) is 4.74 Å². The van der Waals surface area contributed by atoms with E-state index in [1.54, 1.807) is 12.2 Å². The normalized spacial score (nSPS) is 46.3. The zero-order chi connectivity index (χ0) is 26.6. The number of aliphatic hydroxyl groups excluding tert-OH is 2. The van der Waals surface area contributed by atoms with Crippen molar-refractivity contribution in [1.82, 2.24) is 0 Å². The summed E-state index contributed by atoms with van der Waals surface area (Å²) in [4.78, 5) is 25.8. The van der Waals surface area contributed by atoms with Gasteiger partial charge >= 0.3 is 5.97 Å². The van der Waals surface area contributed by atoms with Crippen molar-refractivity contribution in [3.8, 4) is 0 Å². The standard InChI is InChI=1S/C30H42O6/c1-26(2)21-15-23(32)30(7)19-9-8-17(16-14-18(36-25(16)34)24(33)27(3,4)35)28(19,5)12-10-20(30)29(21,6)13-11-22(26)31/h9,11,13-14,17-18,20-21,23-24,32-33,35H,8,10,12,15H2,1-7H3/t17-,18?,20+,21-,23+,24?,28-,29+,30-/m0/s1. The van der Waals surface area contributed by atoms with E-state index in [0.29, 0.717) is 18.4 Å². The molecular formula is C30H42O6. The summed E-state index contributed by atoms with van der Waals surface area (Å²) in [6.07, 6.45) is 8.15. The molecule has 2 fully saturated rings. The van der Waals surface area contributed by atoms with Crippen LogP contribution in [0.15, 0.2) is 35.5 Å². The van der Waals surface area contributed by atoms with Crippen LogP contribution < -0.4 is 0 Å². The first-order valence-electron chi connectivity index (χ1n) is 13.4. The second kappa shape index (κ2) is 7.64. The van der Waals surface area contributed by atoms with Crippen LogP contribution in [0.3, 0.4) is 0 Å².